The summed E-state index contributed by atoms with van der Waals surface area (Å²) in [6.07, 6.45) is 3.24. The van der Waals surface area contributed by atoms with Crippen LogP contribution in [0.25, 0.3) is 5.31 Å². The molecule has 1 aromatic carbocycles. The minimum absolute atomic E-state index is 0.0507. The van der Waals surface area contributed by atoms with Crippen molar-refractivity contribution in [2.24, 2.45) is 11.3 Å². The van der Waals surface area contributed by atoms with Crippen LogP contribution in [0.4, 0.5) is 0 Å². The molecule has 0 aliphatic carbocycles. The molecule has 0 amide bonds. The highest BCUT2D eigenvalue weighted by Gasteiger charge is 2.61. The molecule has 0 radical (unpaired) electrons. The average molecular weight is 319 g/mol. The Balaban J connectivity index is 2.19. The molecule has 0 saturated carbocycles. The number of benzene rings is 1. The zero-order valence-electron chi connectivity index (χ0n) is 12.0. The summed E-state index contributed by atoms with van der Waals surface area (Å²) in [5.41, 5.74) is 1.31. The first-order valence-electron chi connectivity index (χ1n) is 6.81. The molecule has 104 valence electrons. The van der Waals surface area contributed by atoms with E-state index in [0.29, 0.717) is 0 Å². The molecular weight excluding hydrogens is 301 g/mol. The van der Waals surface area contributed by atoms with Gasteiger partial charge in [-0.25, -0.2) is 0 Å². The van der Waals surface area contributed by atoms with Crippen LogP contribution in [0.2, 0.25) is 0 Å². The second-order valence-electron chi connectivity index (χ2n) is 6.57. The molecule has 1 saturated heterocycles. The number of nitriles is 1. The van der Waals surface area contributed by atoms with Gasteiger partial charge in [0.1, 0.15) is 0 Å². The Morgan fingerprint density at radius 2 is 2.00 bits per heavy atom. The van der Waals surface area contributed by atoms with Crippen LogP contribution >= 0.6 is 16.6 Å². The highest BCUT2D eigenvalue weighted by atomic mass is 32.9. The van der Waals surface area contributed by atoms with Gasteiger partial charge in [0, 0.05) is 11.4 Å². The highest BCUT2D eigenvalue weighted by Crippen LogP contribution is 2.86. The summed E-state index contributed by atoms with van der Waals surface area (Å²) in [7, 11) is 0. The largest absolute Gasteiger partial charge is 0.198 e. The van der Waals surface area contributed by atoms with Crippen LogP contribution in [-0.2, 0) is 11.8 Å². The van der Waals surface area contributed by atoms with E-state index in [1.54, 1.807) is 0 Å². The number of rotatable bonds is 1. The van der Waals surface area contributed by atoms with Crippen molar-refractivity contribution in [3.8, 4) is 6.07 Å². The Hall–Kier alpha value is -0.550. The van der Waals surface area contributed by atoms with Crippen molar-refractivity contribution < 1.29 is 0 Å². The first kappa shape index (κ1) is 14.4. The summed E-state index contributed by atoms with van der Waals surface area (Å²) < 4.78 is -0.109. The van der Waals surface area contributed by atoms with Crippen LogP contribution in [0.1, 0.15) is 26.3 Å². The van der Waals surface area contributed by atoms with Crippen molar-refractivity contribution in [2.45, 2.75) is 25.5 Å². The van der Waals surface area contributed by atoms with Gasteiger partial charge in [-0.1, -0.05) is 69.0 Å². The molecule has 2 heterocycles. The van der Waals surface area contributed by atoms with Crippen LogP contribution in [0.3, 0.4) is 0 Å². The molecular formula is C16H18NPS2. The SMILES string of the molecule is CC(C)(C)C12C=C(c3ccccc3)P(=S)(CC1C#N)S2. The molecule has 3 unspecified atom stereocenters. The average Bonchev–Trinajstić information content (AvgIpc) is 2.88. The summed E-state index contributed by atoms with van der Waals surface area (Å²) in [6.45, 7) is 6.71. The Kier molecular flexibility index (Phi) is 3.22. The zero-order valence-corrected chi connectivity index (χ0v) is 14.5. The van der Waals surface area contributed by atoms with E-state index in [2.05, 4.69) is 57.2 Å². The van der Waals surface area contributed by atoms with Gasteiger partial charge in [-0.15, -0.1) is 11.4 Å². The Labute approximate surface area is 130 Å². The molecule has 3 atom stereocenters. The van der Waals surface area contributed by atoms with E-state index in [1.165, 1.54) is 10.9 Å². The van der Waals surface area contributed by atoms with E-state index >= 15 is 0 Å². The second kappa shape index (κ2) is 4.47. The fraction of sp³-hybridized carbons (Fsp3) is 0.438. The van der Waals surface area contributed by atoms with E-state index in [1.807, 2.05) is 17.4 Å². The third kappa shape index (κ3) is 1.86. The minimum Gasteiger partial charge on any atom is -0.198 e. The van der Waals surface area contributed by atoms with E-state index < -0.39 is 5.24 Å². The van der Waals surface area contributed by atoms with Crippen LogP contribution in [0, 0.1) is 22.7 Å². The zero-order chi connectivity index (χ0) is 14.6. The Morgan fingerprint density at radius 3 is 2.55 bits per heavy atom. The maximum atomic E-state index is 9.57. The van der Waals surface area contributed by atoms with Gasteiger partial charge in [-0.2, -0.15) is 5.26 Å². The van der Waals surface area contributed by atoms with E-state index in [0.717, 1.165) is 6.16 Å². The van der Waals surface area contributed by atoms with E-state index in [-0.39, 0.29) is 16.1 Å². The molecule has 3 rings (SSSR count). The normalized spacial score (nSPS) is 35.7. The maximum absolute atomic E-state index is 9.57. The van der Waals surface area contributed by atoms with Crippen LogP contribution in [0.5, 0.6) is 0 Å². The van der Waals surface area contributed by atoms with Crippen LogP contribution in [0.15, 0.2) is 36.4 Å². The van der Waals surface area contributed by atoms with Gasteiger partial charge in [0.25, 0.3) is 0 Å². The van der Waals surface area contributed by atoms with E-state index in [4.69, 9.17) is 11.8 Å². The van der Waals surface area contributed by atoms with Crippen molar-refractivity contribution in [1.82, 2.24) is 0 Å². The van der Waals surface area contributed by atoms with Gasteiger partial charge in [-0.3, -0.25) is 0 Å². The predicted octanol–water partition coefficient (Wildman–Crippen LogP) is 5.11. The Morgan fingerprint density at radius 1 is 1.35 bits per heavy atom. The smallest absolute Gasteiger partial charge is 0.0711 e. The quantitative estimate of drug-likeness (QED) is 0.672. The first-order valence-corrected chi connectivity index (χ1v) is 11.2. The second-order valence-corrected chi connectivity index (χ2v) is 14.6. The maximum Gasteiger partial charge on any atom is 0.0711 e. The lowest BCUT2D eigenvalue weighted by Crippen LogP contribution is -2.42. The lowest BCUT2D eigenvalue weighted by atomic mass is 9.72. The number of hydrogen-bond acceptors (Lipinski definition) is 3. The predicted molar refractivity (Wildman–Crippen MR) is 92.5 cm³/mol. The van der Waals surface area contributed by atoms with Crippen molar-refractivity contribution in [3.05, 3.63) is 42.0 Å². The molecule has 1 fully saturated rings. The number of fused-ring (bicyclic) bond motifs is 2. The lowest BCUT2D eigenvalue weighted by molar-refractivity contribution is 0.293. The van der Waals surface area contributed by atoms with Crippen molar-refractivity contribution in [1.29, 1.82) is 5.26 Å². The molecule has 20 heavy (non-hydrogen) atoms. The molecule has 0 spiro atoms. The minimum atomic E-state index is -1.65. The number of nitrogens with zero attached hydrogens (tertiary/aromatic N) is 1. The third-order valence-electron chi connectivity index (χ3n) is 4.35. The van der Waals surface area contributed by atoms with Crippen molar-refractivity contribution in [2.75, 3.05) is 6.16 Å². The van der Waals surface area contributed by atoms with Gasteiger partial charge in [0.15, 0.2) is 0 Å². The molecule has 2 aliphatic heterocycles. The highest BCUT2D eigenvalue weighted by molar-refractivity contribution is 8.75. The molecule has 2 aliphatic rings. The molecule has 0 N–H and O–H groups in total. The fourth-order valence-electron chi connectivity index (χ4n) is 3.20. The summed E-state index contributed by atoms with van der Waals surface area (Å²) in [6, 6.07) is 13.0. The Bertz CT molecular complexity index is 666. The summed E-state index contributed by atoms with van der Waals surface area (Å²) in [5.74, 6) is 0.0609. The topological polar surface area (TPSA) is 23.8 Å². The monoisotopic (exact) mass is 319 g/mol. The van der Waals surface area contributed by atoms with Gasteiger partial charge < -0.3 is 0 Å². The van der Waals surface area contributed by atoms with E-state index in [9.17, 15) is 5.26 Å². The van der Waals surface area contributed by atoms with Gasteiger partial charge in [0.2, 0.25) is 0 Å². The van der Waals surface area contributed by atoms with Crippen LogP contribution < -0.4 is 0 Å². The van der Waals surface area contributed by atoms with Gasteiger partial charge >= 0.3 is 0 Å². The van der Waals surface area contributed by atoms with Crippen LogP contribution in [-0.4, -0.2) is 10.9 Å². The molecule has 1 aromatic rings. The molecule has 4 heteroatoms. The molecule has 1 nitrogen and oxygen atoms in total. The summed E-state index contributed by atoms with van der Waals surface area (Å²) >= 11 is 7.99. The van der Waals surface area contributed by atoms with Gasteiger partial charge in [0.05, 0.1) is 16.7 Å². The van der Waals surface area contributed by atoms with Gasteiger partial charge in [-0.05, 0) is 16.3 Å². The molecule has 2 bridgehead atoms. The summed E-state index contributed by atoms with van der Waals surface area (Å²) in [5, 5.41) is 9.26. The molecule has 0 aromatic heterocycles. The van der Waals surface area contributed by atoms with Crippen molar-refractivity contribution >= 4 is 33.7 Å². The standard InChI is InChI=1S/C16H18NPS2/c1-15(2,3)16-9-14(12-7-5-4-6-8-12)18(19,20-16)11-13(16)10-17/h4-9,13H,11H2,1-3H3. The van der Waals surface area contributed by atoms with Crippen molar-refractivity contribution in [3.63, 3.8) is 0 Å². The number of hydrogen-bond donors (Lipinski definition) is 0. The lowest BCUT2D eigenvalue weighted by Gasteiger charge is -2.39. The first-order chi connectivity index (χ1) is 9.32. The third-order valence-corrected chi connectivity index (χ3v) is 12.5. The fourth-order valence-corrected chi connectivity index (χ4v) is 13.1. The summed E-state index contributed by atoms with van der Waals surface area (Å²) in [4.78, 5) is 0.